The highest BCUT2D eigenvalue weighted by molar-refractivity contribution is 5.17. The zero-order valence-corrected chi connectivity index (χ0v) is 11.8. The van der Waals surface area contributed by atoms with Crippen LogP contribution in [0.4, 0.5) is 0 Å². The molecule has 0 atom stereocenters. The first-order chi connectivity index (χ1) is 8.29. The number of hydrogen-bond donors (Lipinski definition) is 1. The van der Waals surface area contributed by atoms with E-state index in [-0.39, 0.29) is 0 Å². The predicted octanol–water partition coefficient (Wildman–Crippen LogP) is 2.11. The maximum Gasteiger partial charge on any atom is 0.132 e. The fraction of sp³-hybridized carbons (Fsp3) is 0.643. The van der Waals surface area contributed by atoms with Crippen LogP contribution in [-0.4, -0.2) is 32.1 Å². The Hall–Kier alpha value is -1.29. The summed E-state index contributed by atoms with van der Waals surface area (Å²) in [7, 11) is 0. The molecular weight excluding hydrogens is 226 g/mol. The number of aromatic nitrogens is 2. The molecule has 0 unspecified atom stereocenters. The lowest BCUT2D eigenvalue weighted by molar-refractivity contribution is -0.0575. The quantitative estimate of drug-likeness (QED) is 0.872. The maximum atomic E-state index is 10.1. The van der Waals surface area contributed by atoms with E-state index in [1.54, 1.807) is 13.8 Å². The molecule has 0 fully saturated rings. The average Bonchev–Trinajstić information content (AvgIpc) is 2.53. The van der Waals surface area contributed by atoms with Gasteiger partial charge in [-0.15, -0.1) is 0 Å². The van der Waals surface area contributed by atoms with Gasteiger partial charge in [0, 0.05) is 24.4 Å². The van der Waals surface area contributed by atoms with E-state index in [4.69, 9.17) is 0 Å². The number of fused-ring (bicyclic) bond motifs is 1. The van der Waals surface area contributed by atoms with Crippen molar-refractivity contribution in [2.45, 2.75) is 52.3 Å². The first-order valence-corrected chi connectivity index (χ1v) is 6.53. The van der Waals surface area contributed by atoms with Crippen molar-refractivity contribution >= 4 is 0 Å². The lowest BCUT2D eigenvalue weighted by Gasteiger charge is -2.36. The number of nitrogens with zero attached hydrogens (tertiary/aromatic N) is 3. The smallest absolute Gasteiger partial charge is 0.132 e. The van der Waals surface area contributed by atoms with E-state index in [1.807, 2.05) is 9.58 Å². The lowest BCUT2D eigenvalue weighted by atomic mass is 10.1. The number of rotatable bonds is 2. The molecule has 18 heavy (non-hydrogen) atoms. The molecule has 1 N–H and O–H groups in total. The molecule has 0 radical (unpaired) electrons. The van der Waals surface area contributed by atoms with Crippen molar-refractivity contribution in [3.05, 3.63) is 29.7 Å². The Morgan fingerprint density at radius 2 is 2.11 bits per heavy atom. The van der Waals surface area contributed by atoms with Crippen molar-refractivity contribution < 1.29 is 5.11 Å². The molecule has 1 aliphatic rings. The highest BCUT2D eigenvalue weighted by Gasteiger charge is 2.28. The fourth-order valence-corrected chi connectivity index (χ4v) is 2.40. The third-order valence-corrected chi connectivity index (χ3v) is 3.44. The normalized spacial score (nSPS) is 17.0. The lowest BCUT2D eigenvalue weighted by Crippen LogP contribution is -2.43. The van der Waals surface area contributed by atoms with Crippen LogP contribution in [0.25, 0.3) is 0 Å². The second-order valence-electron chi connectivity index (χ2n) is 5.84. The Labute approximate surface area is 109 Å². The second kappa shape index (κ2) is 4.43. The van der Waals surface area contributed by atoms with Gasteiger partial charge in [0.25, 0.3) is 0 Å². The topological polar surface area (TPSA) is 41.3 Å². The van der Waals surface area contributed by atoms with Crippen molar-refractivity contribution in [3.63, 3.8) is 0 Å². The molecule has 100 valence electrons. The van der Waals surface area contributed by atoms with E-state index >= 15 is 0 Å². The van der Waals surface area contributed by atoms with Gasteiger partial charge in [0.05, 0.1) is 12.2 Å². The number of aliphatic hydroxyl groups is 1. The van der Waals surface area contributed by atoms with Gasteiger partial charge in [-0.25, -0.2) is 0 Å². The minimum atomic E-state index is -0.859. The van der Waals surface area contributed by atoms with Crippen LogP contribution in [0, 0.1) is 0 Å². The van der Waals surface area contributed by atoms with E-state index in [9.17, 15) is 5.11 Å². The van der Waals surface area contributed by atoms with E-state index in [1.165, 1.54) is 5.69 Å². The predicted molar refractivity (Wildman–Crippen MR) is 72.2 cm³/mol. The summed E-state index contributed by atoms with van der Waals surface area (Å²) in [6.07, 6.45) is 0.892. The summed E-state index contributed by atoms with van der Waals surface area (Å²) in [5.74, 6) is 0.447. The van der Waals surface area contributed by atoms with Crippen molar-refractivity contribution in [3.8, 4) is 0 Å². The van der Waals surface area contributed by atoms with E-state index in [2.05, 4.69) is 31.6 Å². The molecule has 2 rings (SSSR count). The van der Waals surface area contributed by atoms with Crippen LogP contribution >= 0.6 is 0 Å². The fourth-order valence-electron chi connectivity index (χ4n) is 2.40. The third-order valence-electron chi connectivity index (χ3n) is 3.44. The Morgan fingerprint density at radius 3 is 2.67 bits per heavy atom. The molecule has 0 amide bonds. The van der Waals surface area contributed by atoms with Crippen LogP contribution in [0.3, 0.4) is 0 Å². The maximum absolute atomic E-state index is 10.1. The minimum Gasteiger partial charge on any atom is -0.371 e. The summed E-state index contributed by atoms with van der Waals surface area (Å²) in [5, 5.41) is 14.8. The first-order valence-electron chi connectivity index (χ1n) is 6.53. The average molecular weight is 249 g/mol. The zero-order chi connectivity index (χ0) is 13.5. The standard InChI is InChI=1S/C14H23N3O/c1-10(2)13-8-12-6-7-16(14(4,5)18)11(3)9-17(12)15-13/h8,10,18H,3,6-7,9H2,1-2,4-5H3. The highest BCUT2D eigenvalue weighted by Crippen LogP contribution is 2.24. The van der Waals surface area contributed by atoms with Gasteiger partial charge in [0.1, 0.15) is 5.72 Å². The van der Waals surface area contributed by atoms with Crippen LogP contribution in [0.2, 0.25) is 0 Å². The van der Waals surface area contributed by atoms with Crippen molar-refractivity contribution in [1.29, 1.82) is 0 Å². The van der Waals surface area contributed by atoms with Gasteiger partial charge in [-0.1, -0.05) is 20.4 Å². The second-order valence-corrected chi connectivity index (χ2v) is 5.84. The summed E-state index contributed by atoms with van der Waals surface area (Å²) in [6, 6.07) is 2.17. The molecule has 4 heteroatoms. The third kappa shape index (κ3) is 2.43. The molecule has 1 aliphatic heterocycles. The molecule has 2 heterocycles. The Morgan fingerprint density at radius 1 is 1.44 bits per heavy atom. The first kappa shape index (κ1) is 13.1. The van der Waals surface area contributed by atoms with Crippen LogP contribution in [-0.2, 0) is 13.0 Å². The summed E-state index contributed by atoms with van der Waals surface area (Å²) in [6.45, 7) is 13.4. The van der Waals surface area contributed by atoms with Gasteiger partial charge < -0.3 is 10.0 Å². The summed E-state index contributed by atoms with van der Waals surface area (Å²) < 4.78 is 2.02. The molecule has 0 spiro atoms. The summed E-state index contributed by atoms with van der Waals surface area (Å²) in [5.41, 5.74) is 2.42. The molecule has 0 aromatic carbocycles. The van der Waals surface area contributed by atoms with Gasteiger partial charge >= 0.3 is 0 Å². The molecule has 1 aromatic heterocycles. The SMILES string of the molecule is C=C1Cn2nc(C(C)C)cc2CCN1C(C)(C)O. The van der Waals surface area contributed by atoms with E-state index in [0.717, 1.165) is 24.4 Å². The van der Waals surface area contributed by atoms with Crippen molar-refractivity contribution in [2.75, 3.05) is 6.54 Å². The van der Waals surface area contributed by atoms with Crippen molar-refractivity contribution in [1.82, 2.24) is 14.7 Å². The monoisotopic (exact) mass is 249 g/mol. The molecule has 1 aromatic rings. The zero-order valence-electron chi connectivity index (χ0n) is 11.8. The van der Waals surface area contributed by atoms with Gasteiger partial charge in [-0.3, -0.25) is 4.68 Å². The largest absolute Gasteiger partial charge is 0.371 e. The van der Waals surface area contributed by atoms with E-state index in [0.29, 0.717) is 12.5 Å². The van der Waals surface area contributed by atoms with Crippen molar-refractivity contribution in [2.24, 2.45) is 0 Å². The molecule has 0 aliphatic carbocycles. The van der Waals surface area contributed by atoms with Gasteiger partial charge in [-0.2, -0.15) is 5.10 Å². The van der Waals surface area contributed by atoms with E-state index < -0.39 is 5.72 Å². The van der Waals surface area contributed by atoms with Crippen LogP contribution in [0.15, 0.2) is 18.3 Å². The highest BCUT2D eigenvalue weighted by atomic mass is 16.3. The molecule has 0 saturated carbocycles. The molecule has 4 nitrogen and oxygen atoms in total. The van der Waals surface area contributed by atoms with Crippen LogP contribution in [0.5, 0.6) is 0 Å². The minimum absolute atomic E-state index is 0.447. The number of hydrogen-bond acceptors (Lipinski definition) is 3. The van der Waals surface area contributed by atoms with Gasteiger partial charge in [-0.05, 0) is 25.8 Å². The van der Waals surface area contributed by atoms with Crippen LogP contribution < -0.4 is 0 Å². The molecular formula is C14H23N3O. The Bertz CT molecular complexity index is 454. The van der Waals surface area contributed by atoms with Gasteiger partial charge in [0.2, 0.25) is 0 Å². The summed E-state index contributed by atoms with van der Waals surface area (Å²) >= 11 is 0. The number of allylic oxidation sites excluding steroid dienone is 1. The Balaban J connectivity index is 2.25. The molecule has 0 bridgehead atoms. The van der Waals surface area contributed by atoms with Gasteiger partial charge in [0.15, 0.2) is 0 Å². The Kier molecular flexibility index (Phi) is 3.23. The summed E-state index contributed by atoms with van der Waals surface area (Å²) in [4.78, 5) is 1.96. The molecule has 0 saturated heterocycles. The van der Waals surface area contributed by atoms with Crippen LogP contribution in [0.1, 0.15) is 45.0 Å².